The lowest BCUT2D eigenvalue weighted by Gasteiger charge is -2.09. The molecular weight excluding hydrogens is 451 g/mol. The van der Waals surface area contributed by atoms with E-state index in [1.165, 1.54) is 0 Å². The topological polar surface area (TPSA) is 58.2 Å². The van der Waals surface area contributed by atoms with Crippen molar-refractivity contribution in [2.24, 2.45) is 0 Å². The van der Waals surface area contributed by atoms with Gasteiger partial charge in [0.2, 0.25) is 0 Å². The summed E-state index contributed by atoms with van der Waals surface area (Å²) in [6.45, 7) is 3.97. The molecule has 0 radical (unpaired) electrons. The zero-order chi connectivity index (χ0) is 19.4. The molecule has 0 fully saturated rings. The fourth-order valence-electron chi connectivity index (χ4n) is 2.60. The van der Waals surface area contributed by atoms with Crippen molar-refractivity contribution in [1.29, 1.82) is 0 Å². The number of hydrogen-bond acceptors (Lipinski definition) is 2. The molecule has 0 atom stereocenters. The highest BCUT2D eigenvalue weighted by molar-refractivity contribution is 14.1. The van der Waals surface area contributed by atoms with Crippen LogP contribution in [0.25, 0.3) is 0 Å². The SMILES string of the molecule is Cc1cccc(NC(=O)c2cccc(NC(=O)c3ccc(C)c(I)c3)c2)c1. The summed E-state index contributed by atoms with van der Waals surface area (Å²) >= 11 is 2.21. The first-order valence-electron chi connectivity index (χ1n) is 8.48. The van der Waals surface area contributed by atoms with Crippen LogP contribution in [0.5, 0.6) is 0 Å². The number of hydrogen-bond donors (Lipinski definition) is 2. The molecule has 3 aromatic carbocycles. The predicted octanol–water partition coefficient (Wildman–Crippen LogP) is 5.41. The second-order valence-electron chi connectivity index (χ2n) is 6.32. The Bertz CT molecular complexity index is 1010. The summed E-state index contributed by atoms with van der Waals surface area (Å²) in [7, 11) is 0. The van der Waals surface area contributed by atoms with Gasteiger partial charge in [-0.2, -0.15) is 0 Å². The lowest BCUT2D eigenvalue weighted by molar-refractivity contribution is 0.101. The van der Waals surface area contributed by atoms with E-state index in [2.05, 4.69) is 33.2 Å². The summed E-state index contributed by atoms with van der Waals surface area (Å²) in [4.78, 5) is 25.0. The minimum absolute atomic E-state index is 0.204. The minimum atomic E-state index is -0.221. The molecule has 5 heteroatoms. The van der Waals surface area contributed by atoms with E-state index >= 15 is 0 Å². The van der Waals surface area contributed by atoms with Gasteiger partial charge >= 0.3 is 0 Å². The molecule has 0 spiro atoms. The molecule has 136 valence electrons. The number of carbonyl (C=O) groups is 2. The average Bonchev–Trinajstić information content (AvgIpc) is 2.64. The quantitative estimate of drug-likeness (QED) is 0.501. The van der Waals surface area contributed by atoms with E-state index in [9.17, 15) is 9.59 Å². The first-order valence-corrected chi connectivity index (χ1v) is 9.56. The second-order valence-corrected chi connectivity index (χ2v) is 7.48. The van der Waals surface area contributed by atoms with Crippen LogP contribution in [0.3, 0.4) is 0 Å². The third-order valence-corrected chi connectivity index (χ3v) is 5.25. The minimum Gasteiger partial charge on any atom is -0.322 e. The summed E-state index contributed by atoms with van der Waals surface area (Å²) in [6.07, 6.45) is 0. The third kappa shape index (κ3) is 4.95. The maximum Gasteiger partial charge on any atom is 0.255 e. The predicted molar refractivity (Wildman–Crippen MR) is 117 cm³/mol. The number of nitrogens with one attached hydrogen (secondary N) is 2. The summed E-state index contributed by atoms with van der Waals surface area (Å²) in [6, 6.07) is 20.1. The number of aryl methyl sites for hydroxylation is 2. The maximum absolute atomic E-state index is 12.5. The Morgan fingerprint density at radius 1 is 0.741 bits per heavy atom. The number of amides is 2. The number of rotatable bonds is 4. The smallest absolute Gasteiger partial charge is 0.255 e. The van der Waals surface area contributed by atoms with Crippen LogP contribution in [-0.2, 0) is 0 Å². The van der Waals surface area contributed by atoms with E-state index < -0.39 is 0 Å². The van der Waals surface area contributed by atoms with E-state index in [-0.39, 0.29) is 11.8 Å². The molecule has 0 aromatic heterocycles. The Morgan fingerprint density at radius 2 is 1.33 bits per heavy atom. The van der Waals surface area contributed by atoms with Crippen LogP contribution in [0, 0.1) is 17.4 Å². The van der Waals surface area contributed by atoms with Gasteiger partial charge in [-0.25, -0.2) is 0 Å². The van der Waals surface area contributed by atoms with Gasteiger partial charge in [0, 0.05) is 26.1 Å². The van der Waals surface area contributed by atoms with Gasteiger partial charge in [-0.15, -0.1) is 0 Å². The van der Waals surface area contributed by atoms with Crippen molar-refractivity contribution in [3.63, 3.8) is 0 Å². The molecule has 0 saturated carbocycles. The Labute approximate surface area is 172 Å². The molecule has 2 N–H and O–H groups in total. The highest BCUT2D eigenvalue weighted by Crippen LogP contribution is 2.17. The lowest BCUT2D eigenvalue weighted by Crippen LogP contribution is -2.15. The molecule has 27 heavy (non-hydrogen) atoms. The first kappa shape index (κ1) is 19.1. The number of carbonyl (C=O) groups excluding carboxylic acids is 2. The monoisotopic (exact) mass is 470 g/mol. The van der Waals surface area contributed by atoms with Crippen molar-refractivity contribution in [2.75, 3.05) is 10.6 Å². The van der Waals surface area contributed by atoms with Crippen LogP contribution in [0.1, 0.15) is 31.8 Å². The molecule has 2 amide bonds. The first-order chi connectivity index (χ1) is 12.9. The molecule has 0 unspecified atom stereocenters. The van der Waals surface area contributed by atoms with Crippen LogP contribution in [0.2, 0.25) is 0 Å². The van der Waals surface area contributed by atoms with Crippen LogP contribution in [0.4, 0.5) is 11.4 Å². The van der Waals surface area contributed by atoms with Gasteiger partial charge in [0.05, 0.1) is 0 Å². The van der Waals surface area contributed by atoms with E-state index in [1.54, 1.807) is 30.3 Å². The Balaban J connectivity index is 1.73. The lowest BCUT2D eigenvalue weighted by atomic mass is 10.1. The van der Waals surface area contributed by atoms with Crippen molar-refractivity contribution in [1.82, 2.24) is 0 Å². The van der Waals surface area contributed by atoms with Crippen molar-refractivity contribution in [3.05, 3.63) is 92.6 Å². The molecular formula is C22H19IN2O2. The van der Waals surface area contributed by atoms with Gasteiger partial charge in [-0.3, -0.25) is 9.59 Å². The zero-order valence-electron chi connectivity index (χ0n) is 15.0. The molecule has 0 aliphatic heterocycles. The standard InChI is InChI=1S/C22H19IN2O2/c1-14-5-3-7-18(11-14)24-21(26)16-6-4-8-19(12-16)25-22(27)17-10-9-15(2)20(23)13-17/h3-13H,1-2H3,(H,24,26)(H,25,27). The molecule has 3 rings (SSSR count). The number of benzene rings is 3. The van der Waals surface area contributed by atoms with Crippen molar-refractivity contribution < 1.29 is 9.59 Å². The highest BCUT2D eigenvalue weighted by Gasteiger charge is 2.11. The van der Waals surface area contributed by atoms with E-state index in [4.69, 9.17) is 0 Å². The van der Waals surface area contributed by atoms with Gasteiger partial charge < -0.3 is 10.6 Å². The highest BCUT2D eigenvalue weighted by atomic mass is 127. The maximum atomic E-state index is 12.5. The van der Waals surface area contributed by atoms with Crippen molar-refractivity contribution in [3.8, 4) is 0 Å². The Hall–Kier alpha value is -2.67. The van der Waals surface area contributed by atoms with Gasteiger partial charge in [0.1, 0.15) is 0 Å². The van der Waals surface area contributed by atoms with Crippen LogP contribution >= 0.6 is 22.6 Å². The van der Waals surface area contributed by atoms with E-state index in [0.717, 1.165) is 20.4 Å². The Morgan fingerprint density at radius 3 is 1.96 bits per heavy atom. The normalized spacial score (nSPS) is 10.3. The summed E-state index contributed by atoms with van der Waals surface area (Å²) in [5, 5.41) is 5.72. The molecule has 3 aromatic rings. The largest absolute Gasteiger partial charge is 0.322 e. The fraction of sp³-hybridized carbons (Fsp3) is 0.0909. The average molecular weight is 470 g/mol. The van der Waals surface area contributed by atoms with Crippen LogP contribution in [-0.4, -0.2) is 11.8 Å². The van der Waals surface area contributed by atoms with Gasteiger partial charge in [-0.1, -0.05) is 24.3 Å². The van der Waals surface area contributed by atoms with E-state index in [0.29, 0.717) is 16.8 Å². The number of anilines is 2. The zero-order valence-corrected chi connectivity index (χ0v) is 17.2. The van der Waals surface area contributed by atoms with Gasteiger partial charge in [-0.05, 0) is 90.0 Å². The molecule has 0 aliphatic rings. The second kappa shape index (κ2) is 8.35. The molecule has 0 saturated heterocycles. The third-order valence-electron chi connectivity index (χ3n) is 4.09. The van der Waals surface area contributed by atoms with Crippen LogP contribution < -0.4 is 10.6 Å². The van der Waals surface area contributed by atoms with E-state index in [1.807, 2.05) is 50.2 Å². The molecule has 4 nitrogen and oxygen atoms in total. The molecule has 0 bridgehead atoms. The van der Waals surface area contributed by atoms with Gasteiger partial charge in [0.15, 0.2) is 0 Å². The van der Waals surface area contributed by atoms with Gasteiger partial charge in [0.25, 0.3) is 11.8 Å². The Kier molecular flexibility index (Phi) is 5.91. The molecule has 0 heterocycles. The van der Waals surface area contributed by atoms with Crippen molar-refractivity contribution in [2.45, 2.75) is 13.8 Å². The van der Waals surface area contributed by atoms with Crippen molar-refractivity contribution >= 4 is 45.8 Å². The van der Waals surface area contributed by atoms with Crippen LogP contribution in [0.15, 0.2) is 66.7 Å². The molecule has 0 aliphatic carbocycles. The fourth-order valence-corrected chi connectivity index (χ4v) is 3.12. The summed E-state index contributed by atoms with van der Waals surface area (Å²) in [5.74, 6) is -0.425. The summed E-state index contributed by atoms with van der Waals surface area (Å²) < 4.78 is 1.03. The number of halogens is 1. The summed E-state index contributed by atoms with van der Waals surface area (Å²) in [5.41, 5.74) is 4.58.